The molecule has 0 aromatic heterocycles. The minimum atomic E-state index is -0.698. The average molecular weight is 459 g/mol. The van der Waals surface area contributed by atoms with Crippen molar-refractivity contribution >= 4 is 5.91 Å². The predicted octanol–water partition coefficient (Wildman–Crippen LogP) is 2.61. The molecule has 0 aliphatic heterocycles. The largest absolute Gasteiger partial charge is 0.392 e. The number of β-amino-alcohol motifs (C(OH)–C–C–N with tert-alkyl or cyclic N) is 1. The third-order valence-corrected chi connectivity index (χ3v) is 7.07. The van der Waals surface area contributed by atoms with Crippen molar-refractivity contribution < 1.29 is 14.4 Å². The summed E-state index contributed by atoms with van der Waals surface area (Å²) in [6.45, 7) is 21.3. The number of quaternary nitrogens is 1. The maximum absolute atomic E-state index is 12.2. The first-order chi connectivity index (χ1) is 14.0. The first-order valence-corrected chi connectivity index (χ1v) is 12.1. The van der Waals surface area contributed by atoms with Crippen molar-refractivity contribution in [2.45, 2.75) is 104 Å². The van der Waals surface area contributed by atoms with Crippen LogP contribution in [0.2, 0.25) is 0 Å². The van der Waals surface area contributed by atoms with Crippen LogP contribution in [-0.4, -0.2) is 95.5 Å². The first-order valence-electron chi connectivity index (χ1n) is 12.1. The minimum absolute atomic E-state index is 0.0106. The van der Waals surface area contributed by atoms with Gasteiger partial charge in [-0.1, -0.05) is 13.8 Å². The Morgan fingerprint density at radius 2 is 1.44 bits per heavy atom. The fourth-order valence-corrected chi connectivity index (χ4v) is 3.88. The average Bonchev–Trinajstić information content (AvgIpc) is 2.53. The van der Waals surface area contributed by atoms with Crippen LogP contribution in [0.15, 0.2) is 0 Å². The number of hydrogen-bond donors (Lipinski definition) is 3. The Labute approximate surface area is 199 Å². The van der Waals surface area contributed by atoms with E-state index in [4.69, 9.17) is 11.5 Å². The SMILES string of the molecule is CC(=O)N(CCC(C)(C)C(C)(C)N(CCC(C)(C)N)CC(O)CC[N+](C)(C)C)C(C)(C)N. The van der Waals surface area contributed by atoms with E-state index in [0.717, 1.165) is 36.8 Å². The summed E-state index contributed by atoms with van der Waals surface area (Å²) in [4.78, 5) is 16.3. The van der Waals surface area contributed by atoms with Crippen molar-refractivity contribution in [2.75, 3.05) is 47.3 Å². The maximum Gasteiger partial charge on any atom is 0.220 e. The summed E-state index contributed by atoms with van der Waals surface area (Å²) in [6.07, 6.45) is 1.99. The zero-order valence-electron chi connectivity index (χ0n) is 23.4. The highest BCUT2D eigenvalue weighted by Gasteiger charge is 2.43. The van der Waals surface area contributed by atoms with Gasteiger partial charge in [0, 0.05) is 44.1 Å². The second-order valence-electron chi connectivity index (χ2n) is 13.2. The molecule has 0 fully saturated rings. The van der Waals surface area contributed by atoms with Crippen molar-refractivity contribution in [1.29, 1.82) is 0 Å². The lowest BCUT2D eigenvalue weighted by Gasteiger charge is -2.51. The van der Waals surface area contributed by atoms with Crippen LogP contribution in [0.4, 0.5) is 0 Å². The molecule has 7 heteroatoms. The van der Waals surface area contributed by atoms with Gasteiger partial charge in [0.05, 0.1) is 39.5 Å². The van der Waals surface area contributed by atoms with E-state index in [9.17, 15) is 9.90 Å². The van der Waals surface area contributed by atoms with Crippen molar-refractivity contribution in [1.82, 2.24) is 9.80 Å². The van der Waals surface area contributed by atoms with Gasteiger partial charge in [-0.2, -0.15) is 0 Å². The molecule has 0 spiro atoms. The molecule has 5 N–H and O–H groups in total. The quantitative estimate of drug-likeness (QED) is 0.275. The molecule has 0 aliphatic carbocycles. The fourth-order valence-electron chi connectivity index (χ4n) is 3.88. The molecule has 0 heterocycles. The van der Waals surface area contributed by atoms with Crippen molar-refractivity contribution in [3.63, 3.8) is 0 Å². The highest BCUT2D eigenvalue weighted by atomic mass is 16.3. The maximum atomic E-state index is 12.2. The van der Waals surface area contributed by atoms with Gasteiger partial charge in [0.1, 0.15) is 0 Å². The molecule has 32 heavy (non-hydrogen) atoms. The lowest BCUT2D eigenvalue weighted by atomic mass is 9.70. The first kappa shape index (κ1) is 31.3. The van der Waals surface area contributed by atoms with Crippen molar-refractivity contribution in [3.8, 4) is 0 Å². The smallest absolute Gasteiger partial charge is 0.220 e. The highest BCUT2D eigenvalue weighted by Crippen LogP contribution is 2.40. The Morgan fingerprint density at radius 3 is 1.81 bits per heavy atom. The van der Waals surface area contributed by atoms with E-state index in [1.807, 2.05) is 27.7 Å². The van der Waals surface area contributed by atoms with E-state index in [1.54, 1.807) is 11.8 Å². The highest BCUT2D eigenvalue weighted by molar-refractivity contribution is 5.74. The molecule has 192 valence electrons. The number of nitrogens with zero attached hydrogens (tertiary/aromatic N) is 3. The van der Waals surface area contributed by atoms with Crippen LogP contribution in [0.1, 0.15) is 81.6 Å². The molecule has 7 nitrogen and oxygen atoms in total. The van der Waals surface area contributed by atoms with Gasteiger partial charge in [-0.05, 0) is 59.8 Å². The Kier molecular flexibility index (Phi) is 10.9. The normalized spacial score (nSPS) is 15.2. The number of aliphatic hydroxyl groups is 1. The number of rotatable bonds is 14. The van der Waals surface area contributed by atoms with E-state index >= 15 is 0 Å². The van der Waals surface area contributed by atoms with Gasteiger partial charge >= 0.3 is 0 Å². The Bertz CT molecular complexity index is 583. The topological polar surface area (TPSA) is 95.8 Å². The Balaban J connectivity index is 5.62. The van der Waals surface area contributed by atoms with Gasteiger partial charge < -0.3 is 26.0 Å². The van der Waals surface area contributed by atoms with Crippen LogP contribution in [0.5, 0.6) is 0 Å². The molecule has 1 unspecified atom stereocenters. The second-order valence-corrected chi connectivity index (χ2v) is 13.2. The molecular weight excluding hydrogens is 402 g/mol. The monoisotopic (exact) mass is 458 g/mol. The van der Waals surface area contributed by atoms with Gasteiger partial charge in [0.2, 0.25) is 5.91 Å². The van der Waals surface area contributed by atoms with E-state index < -0.39 is 11.8 Å². The zero-order valence-corrected chi connectivity index (χ0v) is 23.4. The zero-order chi connectivity index (χ0) is 25.8. The van der Waals surface area contributed by atoms with Crippen molar-refractivity contribution in [3.05, 3.63) is 0 Å². The van der Waals surface area contributed by atoms with Gasteiger partial charge in [-0.3, -0.25) is 9.69 Å². The number of nitrogens with two attached hydrogens (primary N) is 2. The Hall–Kier alpha value is -0.730. The van der Waals surface area contributed by atoms with Crippen LogP contribution < -0.4 is 11.5 Å². The van der Waals surface area contributed by atoms with Gasteiger partial charge in [0.15, 0.2) is 0 Å². The van der Waals surface area contributed by atoms with Crippen LogP contribution in [0, 0.1) is 5.41 Å². The number of carbonyl (C=O) groups is 1. The molecule has 0 saturated heterocycles. The summed E-state index contributed by atoms with van der Waals surface area (Å²) < 4.78 is 0.831. The van der Waals surface area contributed by atoms with Crippen LogP contribution >= 0.6 is 0 Å². The van der Waals surface area contributed by atoms with E-state index in [0.29, 0.717) is 13.1 Å². The molecule has 0 saturated carbocycles. The molecule has 1 atom stereocenters. The summed E-state index contributed by atoms with van der Waals surface area (Å²) >= 11 is 0. The number of aliphatic hydroxyl groups excluding tert-OH is 1. The minimum Gasteiger partial charge on any atom is -0.392 e. The van der Waals surface area contributed by atoms with Crippen LogP contribution in [0.25, 0.3) is 0 Å². The molecule has 0 aromatic rings. The molecular formula is C25H56N5O2+. The molecule has 0 radical (unpaired) electrons. The van der Waals surface area contributed by atoms with E-state index in [1.165, 1.54) is 0 Å². The summed E-state index contributed by atoms with van der Waals surface area (Å²) in [7, 11) is 6.44. The number of amides is 1. The van der Waals surface area contributed by atoms with Crippen LogP contribution in [-0.2, 0) is 4.79 Å². The van der Waals surface area contributed by atoms with Gasteiger partial charge in [-0.25, -0.2) is 0 Å². The number of hydrogen-bond acceptors (Lipinski definition) is 5. The second kappa shape index (κ2) is 11.1. The summed E-state index contributed by atoms with van der Waals surface area (Å²) in [6, 6.07) is 0. The lowest BCUT2D eigenvalue weighted by molar-refractivity contribution is -0.870. The molecule has 0 aliphatic rings. The van der Waals surface area contributed by atoms with Gasteiger partial charge in [0.25, 0.3) is 0 Å². The van der Waals surface area contributed by atoms with Crippen LogP contribution in [0.3, 0.4) is 0 Å². The molecule has 0 rings (SSSR count). The molecule has 0 aromatic carbocycles. The number of carbonyl (C=O) groups excluding carboxylic acids is 1. The standard InChI is InChI=1S/C25H56N5O2/c1-20(31)29(25(8,9)27)17-14-22(2,3)24(6,7)28(16-15-23(4,5)26)19-21(32)13-18-30(10,11)12/h21,32H,13-19,26-27H2,1-12H3/q+1. The Morgan fingerprint density at radius 1 is 0.938 bits per heavy atom. The summed E-state index contributed by atoms with van der Waals surface area (Å²) in [5, 5.41) is 10.9. The van der Waals surface area contributed by atoms with E-state index in [-0.39, 0.29) is 22.4 Å². The summed E-state index contributed by atoms with van der Waals surface area (Å²) in [5.74, 6) is -0.0106. The molecule has 0 bridgehead atoms. The summed E-state index contributed by atoms with van der Waals surface area (Å²) in [5.41, 5.74) is 11.2. The third-order valence-electron chi connectivity index (χ3n) is 7.07. The van der Waals surface area contributed by atoms with Gasteiger partial charge in [-0.15, -0.1) is 0 Å². The third kappa shape index (κ3) is 10.9. The lowest BCUT2D eigenvalue weighted by Crippen LogP contribution is -2.59. The van der Waals surface area contributed by atoms with E-state index in [2.05, 4.69) is 53.7 Å². The molecule has 1 amide bonds. The fraction of sp³-hybridized carbons (Fsp3) is 0.960. The van der Waals surface area contributed by atoms with Crippen molar-refractivity contribution in [2.24, 2.45) is 16.9 Å². The predicted molar refractivity (Wildman–Crippen MR) is 136 cm³/mol.